The number of nitrogens with zero attached hydrogens (tertiary/aromatic N) is 2. The Morgan fingerprint density at radius 3 is 2.58 bits per heavy atom. The fraction of sp³-hybridized carbons (Fsp3) is 0.533. The Balaban J connectivity index is 0.00000338. The zero-order valence-corrected chi connectivity index (χ0v) is 15.0. The molecule has 11 heteroatoms. The molecule has 2 rings (SSSR count). The molecule has 0 saturated carbocycles. The zero-order chi connectivity index (χ0) is 18.7. The van der Waals surface area contributed by atoms with Crippen LogP contribution in [0.5, 0.6) is 11.5 Å². The van der Waals surface area contributed by atoms with Crippen molar-refractivity contribution in [3.05, 3.63) is 27.8 Å². The van der Waals surface area contributed by atoms with E-state index in [4.69, 9.17) is 10.5 Å². The van der Waals surface area contributed by atoms with Crippen molar-refractivity contribution >= 4 is 24.0 Å². The second-order valence-corrected chi connectivity index (χ2v) is 5.80. The summed E-state index contributed by atoms with van der Waals surface area (Å²) in [5.74, 6) is -1.15. The van der Waals surface area contributed by atoms with Crippen molar-refractivity contribution in [1.29, 1.82) is 0 Å². The van der Waals surface area contributed by atoms with Gasteiger partial charge in [0.15, 0.2) is 11.5 Å². The Bertz CT molecular complexity index is 677. The molecule has 146 valence electrons. The maximum absolute atomic E-state index is 12.8. The first kappa shape index (κ1) is 21.8. The van der Waals surface area contributed by atoms with Gasteiger partial charge in [-0.2, -0.15) is 8.78 Å². The number of methoxy groups -OCH3 is 1. The number of nitro benzene ring substituents is 1. The summed E-state index contributed by atoms with van der Waals surface area (Å²) in [6.07, 6.45) is 0.694. The number of halogens is 3. The van der Waals surface area contributed by atoms with Crippen LogP contribution in [0.15, 0.2) is 12.1 Å². The van der Waals surface area contributed by atoms with Crippen LogP contribution in [0.4, 0.5) is 14.5 Å². The molecule has 8 nitrogen and oxygen atoms in total. The first-order valence-corrected chi connectivity index (χ1v) is 7.60. The van der Waals surface area contributed by atoms with Crippen molar-refractivity contribution in [2.75, 3.05) is 20.2 Å². The fourth-order valence-corrected chi connectivity index (χ4v) is 2.97. The summed E-state index contributed by atoms with van der Waals surface area (Å²) < 4.78 is 34.1. The third kappa shape index (κ3) is 4.50. The lowest BCUT2D eigenvalue weighted by Gasteiger charge is -2.22. The SMILES string of the molecule is COc1cc(C(=O)N2CC(CN)CC2C)c([N+](=O)[O-])cc1OC(F)F.Cl. The highest BCUT2D eigenvalue weighted by Crippen LogP contribution is 2.37. The van der Waals surface area contributed by atoms with Gasteiger partial charge in [0.2, 0.25) is 0 Å². The van der Waals surface area contributed by atoms with Gasteiger partial charge in [-0.3, -0.25) is 14.9 Å². The van der Waals surface area contributed by atoms with E-state index in [-0.39, 0.29) is 35.7 Å². The van der Waals surface area contributed by atoms with E-state index < -0.39 is 28.9 Å². The lowest BCUT2D eigenvalue weighted by molar-refractivity contribution is -0.385. The van der Waals surface area contributed by atoms with Crippen molar-refractivity contribution in [3.63, 3.8) is 0 Å². The van der Waals surface area contributed by atoms with E-state index in [1.165, 1.54) is 12.0 Å². The molecule has 1 amide bonds. The minimum atomic E-state index is -3.18. The number of rotatable bonds is 6. The number of hydrogen-bond acceptors (Lipinski definition) is 6. The number of carbonyl (C=O) groups excluding carboxylic acids is 1. The van der Waals surface area contributed by atoms with Crippen molar-refractivity contribution in [2.24, 2.45) is 11.7 Å². The van der Waals surface area contributed by atoms with E-state index in [9.17, 15) is 23.7 Å². The molecule has 26 heavy (non-hydrogen) atoms. The Hall–Kier alpha value is -2.20. The molecular formula is C15H20ClF2N3O5. The quantitative estimate of drug-likeness (QED) is 0.585. The predicted molar refractivity (Wildman–Crippen MR) is 91.2 cm³/mol. The van der Waals surface area contributed by atoms with Gasteiger partial charge in [-0.1, -0.05) is 0 Å². The van der Waals surface area contributed by atoms with Gasteiger partial charge in [-0.05, 0) is 25.8 Å². The van der Waals surface area contributed by atoms with E-state index in [2.05, 4.69) is 4.74 Å². The van der Waals surface area contributed by atoms with E-state index in [0.717, 1.165) is 12.1 Å². The summed E-state index contributed by atoms with van der Waals surface area (Å²) in [7, 11) is 1.19. The molecule has 2 N–H and O–H groups in total. The highest BCUT2D eigenvalue weighted by molar-refractivity contribution is 5.99. The summed E-state index contributed by atoms with van der Waals surface area (Å²) in [6.45, 7) is -0.574. The van der Waals surface area contributed by atoms with Crippen molar-refractivity contribution < 1.29 is 28.0 Å². The van der Waals surface area contributed by atoms with Gasteiger partial charge in [0.1, 0.15) is 5.56 Å². The molecule has 0 aromatic heterocycles. The van der Waals surface area contributed by atoms with E-state index in [1.54, 1.807) is 0 Å². The maximum Gasteiger partial charge on any atom is 0.387 e. The van der Waals surface area contributed by atoms with Crippen molar-refractivity contribution in [3.8, 4) is 11.5 Å². The number of ether oxygens (including phenoxy) is 2. The Morgan fingerprint density at radius 2 is 2.12 bits per heavy atom. The smallest absolute Gasteiger partial charge is 0.387 e. The molecule has 1 aromatic rings. The fourth-order valence-electron chi connectivity index (χ4n) is 2.97. The zero-order valence-electron chi connectivity index (χ0n) is 14.2. The second kappa shape index (κ2) is 8.95. The molecule has 1 aliphatic heterocycles. The summed E-state index contributed by atoms with van der Waals surface area (Å²) in [6, 6.07) is 1.70. The molecule has 0 bridgehead atoms. The van der Waals surface area contributed by atoms with Gasteiger partial charge in [-0.25, -0.2) is 0 Å². The van der Waals surface area contributed by atoms with E-state index in [0.29, 0.717) is 19.5 Å². The standard InChI is InChI=1S/C15H19F2N3O5.ClH/c1-8-3-9(6-18)7-19(8)14(21)10-4-12(24-2)13(25-15(16)17)5-11(10)20(22)23;/h4-5,8-9,15H,3,6-7,18H2,1-2H3;1H. The predicted octanol–water partition coefficient (Wildman–Crippen LogP) is 2.44. The van der Waals surface area contributed by atoms with Gasteiger partial charge in [0.05, 0.1) is 18.1 Å². The molecule has 2 atom stereocenters. The largest absolute Gasteiger partial charge is 0.493 e. The molecular weight excluding hydrogens is 376 g/mol. The molecule has 0 aliphatic carbocycles. The van der Waals surface area contributed by atoms with Crippen LogP contribution in [0.3, 0.4) is 0 Å². The first-order chi connectivity index (χ1) is 11.8. The van der Waals surface area contributed by atoms with Gasteiger partial charge >= 0.3 is 6.61 Å². The molecule has 1 fully saturated rings. The van der Waals surface area contributed by atoms with E-state index in [1.807, 2.05) is 6.92 Å². The molecule has 1 aliphatic rings. The third-order valence-corrected chi connectivity index (χ3v) is 4.18. The summed E-state index contributed by atoms with van der Waals surface area (Å²) >= 11 is 0. The minimum Gasteiger partial charge on any atom is -0.493 e. The van der Waals surface area contributed by atoms with Crippen LogP contribution in [-0.2, 0) is 0 Å². The van der Waals surface area contributed by atoms with Crippen LogP contribution in [-0.4, -0.2) is 48.6 Å². The van der Waals surface area contributed by atoms with Crippen LogP contribution in [0.25, 0.3) is 0 Å². The second-order valence-electron chi connectivity index (χ2n) is 5.80. The molecule has 0 radical (unpaired) electrons. The van der Waals surface area contributed by atoms with E-state index >= 15 is 0 Å². The molecule has 1 saturated heterocycles. The Morgan fingerprint density at radius 1 is 1.46 bits per heavy atom. The number of likely N-dealkylation sites (tertiary alicyclic amines) is 1. The number of nitro groups is 1. The number of alkyl halides is 2. The van der Waals surface area contributed by atoms with Crippen LogP contribution in [0.2, 0.25) is 0 Å². The first-order valence-electron chi connectivity index (χ1n) is 7.60. The van der Waals surface area contributed by atoms with Crippen LogP contribution >= 0.6 is 12.4 Å². The number of carbonyl (C=O) groups is 1. The number of benzene rings is 1. The molecule has 1 aromatic carbocycles. The van der Waals surface area contributed by atoms with Crippen molar-refractivity contribution in [1.82, 2.24) is 4.90 Å². The summed E-state index contributed by atoms with van der Waals surface area (Å²) in [5, 5.41) is 11.3. The average Bonchev–Trinajstić information content (AvgIpc) is 2.94. The third-order valence-electron chi connectivity index (χ3n) is 4.18. The Labute approximate surface area is 154 Å². The Kier molecular flexibility index (Phi) is 7.52. The van der Waals surface area contributed by atoms with Crippen LogP contribution < -0.4 is 15.2 Å². The van der Waals surface area contributed by atoms with Gasteiger partial charge in [-0.15, -0.1) is 12.4 Å². The maximum atomic E-state index is 12.8. The lowest BCUT2D eigenvalue weighted by atomic mass is 10.1. The van der Waals surface area contributed by atoms with Crippen LogP contribution in [0.1, 0.15) is 23.7 Å². The highest BCUT2D eigenvalue weighted by Gasteiger charge is 2.36. The molecule has 1 heterocycles. The monoisotopic (exact) mass is 395 g/mol. The summed E-state index contributed by atoms with van der Waals surface area (Å²) in [5.41, 5.74) is 4.77. The minimum absolute atomic E-state index is 0. The van der Waals surface area contributed by atoms with Gasteiger partial charge < -0.3 is 20.1 Å². The van der Waals surface area contributed by atoms with Crippen LogP contribution in [0, 0.1) is 16.0 Å². The topological polar surface area (TPSA) is 108 Å². The molecule has 0 spiro atoms. The highest BCUT2D eigenvalue weighted by atomic mass is 35.5. The normalized spacial score (nSPS) is 19.2. The lowest BCUT2D eigenvalue weighted by Crippen LogP contribution is -2.34. The van der Waals surface area contributed by atoms with Crippen molar-refractivity contribution in [2.45, 2.75) is 26.0 Å². The number of nitrogens with two attached hydrogens (primary N) is 1. The number of hydrogen-bond donors (Lipinski definition) is 1. The molecule has 2 unspecified atom stereocenters. The van der Waals surface area contributed by atoms with Gasteiger partial charge in [0.25, 0.3) is 11.6 Å². The average molecular weight is 396 g/mol. The summed E-state index contributed by atoms with van der Waals surface area (Å²) in [4.78, 5) is 24.8. The number of amides is 1. The van der Waals surface area contributed by atoms with Gasteiger partial charge in [0, 0.05) is 18.7 Å².